The first-order valence-corrected chi connectivity index (χ1v) is 16.6. The summed E-state index contributed by atoms with van der Waals surface area (Å²) >= 11 is 6.13. The van der Waals surface area contributed by atoms with Gasteiger partial charge in [0, 0.05) is 61.9 Å². The van der Waals surface area contributed by atoms with Crippen LogP contribution in [0.15, 0.2) is 72.8 Å². The van der Waals surface area contributed by atoms with E-state index in [1.807, 2.05) is 41.3 Å². The van der Waals surface area contributed by atoms with Gasteiger partial charge in [0.15, 0.2) is 0 Å². The number of piperazine rings is 1. The summed E-state index contributed by atoms with van der Waals surface area (Å²) in [4.78, 5) is 31.9. The lowest BCUT2D eigenvalue weighted by atomic mass is 9.95. The Morgan fingerprint density at radius 2 is 1.59 bits per heavy atom. The highest BCUT2D eigenvalue weighted by molar-refractivity contribution is 6.30. The topological polar surface area (TPSA) is 76.7 Å². The first kappa shape index (κ1) is 30.6. The third-order valence-electron chi connectivity index (χ3n) is 9.54. The molecule has 1 saturated carbocycles. The number of nitrogens with zero attached hydrogens (tertiary/aromatic N) is 2. The van der Waals surface area contributed by atoms with Crippen molar-refractivity contribution in [2.45, 2.75) is 76.2 Å². The molecule has 3 N–H and O–H groups in total. The average molecular weight is 614 g/mol. The zero-order valence-corrected chi connectivity index (χ0v) is 26.4. The molecule has 0 bridgehead atoms. The number of rotatable bonds is 9. The van der Waals surface area contributed by atoms with Crippen LogP contribution >= 0.6 is 11.6 Å². The summed E-state index contributed by atoms with van der Waals surface area (Å²) < 4.78 is 0. The first-order valence-electron chi connectivity index (χ1n) is 16.2. The minimum absolute atomic E-state index is 0.0336. The van der Waals surface area contributed by atoms with E-state index in [-0.39, 0.29) is 23.9 Å². The van der Waals surface area contributed by atoms with E-state index in [1.54, 1.807) is 0 Å². The van der Waals surface area contributed by atoms with Crippen LogP contribution in [0.1, 0.15) is 60.9 Å². The summed E-state index contributed by atoms with van der Waals surface area (Å²) in [6.45, 7) is 5.63. The number of benzene rings is 3. The van der Waals surface area contributed by atoms with Crippen molar-refractivity contribution in [2.24, 2.45) is 0 Å². The molecule has 3 atom stereocenters. The summed E-state index contributed by atoms with van der Waals surface area (Å²) in [5, 5.41) is 11.0. The summed E-state index contributed by atoms with van der Waals surface area (Å²) in [6.07, 6.45) is 6.16. The van der Waals surface area contributed by atoms with Crippen LogP contribution in [0.2, 0.25) is 5.02 Å². The van der Waals surface area contributed by atoms with Crippen molar-refractivity contribution < 1.29 is 9.59 Å². The number of nitrogens with one attached hydrogen (secondary N) is 3. The van der Waals surface area contributed by atoms with Crippen molar-refractivity contribution in [1.82, 2.24) is 20.9 Å². The van der Waals surface area contributed by atoms with Gasteiger partial charge in [-0.15, -0.1) is 0 Å². The zero-order chi connectivity index (χ0) is 30.5. The Labute approximate surface area is 266 Å². The fraction of sp³-hybridized carbons (Fsp3) is 0.444. The number of anilines is 1. The third-order valence-corrected chi connectivity index (χ3v) is 9.79. The monoisotopic (exact) mass is 613 g/mol. The number of halogens is 1. The number of hydrogen-bond acceptors (Lipinski definition) is 5. The van der Waals surface area contributed by atoms with Gasteiger partial charge in [-0.2, -0.15) is 0 Å². The Bertz CT molecular complexity index is 1430. The van der Waals surface area contributed by atoms with Gasteiger partial charge in [0.2, 0.25) is 11.8 Å². The fourth-order valence-corrected chi connectivity index (χ4v) is 7.16. The van der Waals surface area contributed by atoms with Crippen LogP contribution in [0.5, 0.6) is 0 Å². The van der Waals surface area contributed by atoms with Gasteiger partial charge in [0.25, 0.3) is 0 Å². The van der Waals surface area contributed by atoms with E-state index < -0.39 is 6.04 Å². The summed E-state index contributed by atoms with van der Waals surface area (Å²) in [5.41, 5.74) is 5.91. The minimum atomic E-state index is -0.655. The number of hydrogen-bond donors (Lipinski definition) is 3. The van der Waals surface area contributed by atoms with Gasteiger partial charge >= 0.3 is 0 Å². The van der Waals surface area contributed by atoms with Gasteiger partial charge in [-0.1, -0.05) is 79.0 Å². The molecule has 3 aromatic rings. The maximum atomic E-state index is 14.0. The van der Waals surface area contributed by atoms with Crippen molar-refractivity contribution in [3.63, 3.8) is 0 Å². The molecule has 232 valence electrons. The van der Waals surface area contributed by atoms with Gasteiger partial charge in [-0.05, 0) is 66.6 Å². The molecule has 1 aliphatic carbocycles. The smallest absolute Gasteiger partial charge is 0.245 e. The lowest BCUT2D eigenvalue weighted by Crippen LogP contribution is -2.58. The fourth-order valence-electron chi connectivity index (χ4n) is 7.03. The SMILES string of the molecule is CC(NC1CCCC1)c1ccccc1N1CCN(C(=O)[C@@H](Cc2ccc(Cl)cc2)NC(=O)[C@H]2Cc3ccccc3CN2)CC1. The minimum Gasteiger partial charge on any atom is -0.368 e. The second kappa shape index (κ2) is 14.1. The molecule has 2 aliphatic heterocycles. The van der Waals surface area contributed by atoms with Crippen LogP contribution in [-0.4, -0.2) is 61.0 Å². The Balaban J connectivity index is 1.12. The van der Waals surface area contributed by atoms with E-state index >= 15 is 0 Å². The molecular weight excluding hydrogens is 570 g/mol. The molecule has 8 heteroatoms. The van der Waals surface area contributed by atoms with Crippen molar-refractivity contribution in [3.8, 4) is 0 Å². The number of carbonyl (C=O) groups is 2. The van der Waals surface area contributed by atoms with Gasteiger partial charge in [-0.3, -0.25) is 9.59 Å². The largest absolute Gasteiger partial charge is 0.368 e. The number of para-hydroxylation sites is 1. The summed E-state index contributed by atoms with van der Waals surface area (Å²) in [7, 11) is 0. The zero-order valence-electron chi connectivity index (χ0n) is 25.6. The molecule has 0 aromatic heterocycles. The lowest BCUT2D eigenvalue weighted by Gasteiger charge is -2.39. The van der Waals surface area contributed by atoms with Crippen LogP contribution in [0.25, 0.3) is 0 Å². The van der Waals surface area contributed by atoms with Crippen LogP contribution in [0.3, 0.4) is 0 Å². The van der Waals surface area contributed by atoms with Crippen molar-refractivity contribution in [1.29, 1.82) is 0 Å². The molecule has 6 rings (SSSR count). The standard InChI is InChI=1S/C36H44ClN5O2/c1-25(39-30-10-4-5-11-30)31-12-6-7-13-34(31)41-18-20-42(21-19-41)36(44)33(22-26-14-16-29(37)17-15-26)40-35(43)32-23-27-8-2-3-9-28(27)24-38-32/h2-3,6-9,12-17,25,30,32-33,38-39H,4-5,10-11,18-24H2,1H3,(H,40,43)/t25?,32-,33-/m1/s1. The first-order chi connectivity index (χ1) is 21.4. The van der Waals surface area contributed by atoms with Gasteiger partial charge < -0.3 is 25.8 Å². The van der Waals surface area contributed by atoms with Gasteiger partial charge in [0.05, 0.1) is 6.04 Å². The summed E-state index contributed by atoms with van der Waals surface area (Å²) in [6, 6.07) is 24.2. The van der Waals surface area contributed by atoms with Crippen LogP contribution in [-0.2, 0) is 29.0 Å². The van der Waals surface area contributed by atoms with E-state index in [9.17, 15) is 9.59 Å². The van der Waals surface area contributed by atoms with Crippen molar-refractivity contribution in [2.75, 3.05) is 31.1 Å². The molecule has 1 saturated heterocycles. The highest BCUT2D eigenvalue weighted by Gasteiger charge is 2.32. The van der Waals surface area contributed by atoms with E-state index in [2.05, 4.69) is 64.2 Å². The predicted molar refractivity (Wildman–Crippen MR) is 177 cm³/mol. The third kappa shape index (κ3) is 7.28. The average Bonchev–Trinajstić information content (AvgIpc) is 3.58. The number of amides is 2. The van der Waals surface area contributed by atoms with Gasteiger partial charge in [0.1, 0.15) is 6.04 Å². The maximum Gasteiger partial charge on any atom is 0.245 e. The quantitative estimate of drug-likeness (QED) is 0.316. The van der Waals surface area contributed by atoms with Crippen molar-refractivity contribution in [3.05, 3.63) is 100 Å². The molecule has 0 spiro atoms. The van der Waals surface area contributed by atoms with E-state index in [0.717, 1.165) is 18.7 Å². The Hall–Kier alpha value is -3.39. The second-order valence-corrected chi connectivity index (χ2v) is 13.0. The lowest BCUT2D eigenvalue weighted by molar-refractivity contribution is -0.137. The second-order valence-electron chi connectivity index (χ2n) is 12.5. The summed E-state index contributed by atoms with van der Waals surface area (Å²) in [5.74, 6) is -0.170. The highest BCUT2D eigenvalue weighted by Crippen LogP contribution is 2.30. The Morgan fingerprint density at radius 1 is 0.909 bits per heavy atom. The Kier molecular flexibility index (Phi) is 9.85. The molecule has 3 aromatic carbocycles. The normalized spacial score (nSPS) is 20.2. The van der Waals surface area contributed by atoms with Crippen LogP contribution < -0.4 is 20.9 Å². The Morgan fingerprint density at radius 3 is 2.34 bits per heavy atom. The van der Waals surface area contributed by atoms with E-state index in [1.165, 1.54) is 48.1 Å². The molecule has 1 unspecified atom stereocenters. The molecule has 44 heavy (non-hydrogen) atoms. The van der Waals surface area contributed by atoms with Gasteiger partial charge in [-0.25, -0.2) is 0 Å². The molecule has 2 amide bonds. The van der Waals surface area contributed by atoms with E-state index in [4.69, 9.17) is 11.6 Å². The molecule has 0 radical (unpaired) electrons. The maximum absolute atomic E-state index is 14.0. The van der Waals surface area contributed by atoms with Crippen molar-refractivity contribution >= 4 is 29.1 Å². The highest BCUT2D eigenvalue weighted by atomic mass is 35.5. The molecule has 2 heterocycles. The van der Waals surface area contributed by atoms with Crippen LogP contribution in [0.4, 0.5) is 5.69 Å². The molecule has 2 fully saturated rings. The predicted octanol–water partition coefficient (Wildman–Crippen LogP) is 5.02. The molecular formula is C36H44ClN5O2. The molecule has 3 aliphatic rings. The van der Waals surface area contributed by atoms with Crippen LogP contribution in [0, 0.1) is 0 Å². The number of fused-ring (bicyclic) bond motifs is 1. The molecule has 7 nitrogen and oxygen atoms in total. The number of carbonyl (C=O) groups excluding carboxylic acids is 2. The van der Waals surface area contributed by atoms with E-state index in [0.29, 0.717) is 43.5 Å².